The van der Waals surface area contributed by atoms with Gasteiger partial charge >= 0.3 is 6.09 Å². The fraction of sp³-hybridized carbons (Fsp3) is 0.636. The monoisotopic (exact) mass is 319 g/mol. The Morgan fingerprint density at radius 2 is 2.00 bits per heavy atom. The molecular formula is C11H18ClN5O2S. The van der Waals surface area contributed by atoms with Crippen LogP contribution in [0.4, 0.5) is 10.7 Å². The molecule has 1 heterocycles. The fourth-order valence-electron chi connectivity index (χ4n) is 1.16. The average molecular weight is 320 g/mol. The molecule has 112 valence electrons. The second-order valence-corrected chi connectivity index (χ2v) is 5.88. The summed E-state index contributed by atoms with van der Waals surface area (Å²) < 4.78 is 5.10. The molecule has 1 aromatic rings. The van der Waals surface area contributed by atoms with Crippen molar-refractivity contribution in [3.05, 3.63) is 5.28 Å². The summed E-state index contributed by atoms with van der Waals surface area (Å²) in [6.07, 6.45) is 1.39. The van der Waals surface area contributed by atoms with Gasteiger partial charge in [0, 0.05) is 13.1 Å². The van der Waals surface area contributed by atoms with E-state index in [-0.39, 0.29) is 5.28 Å². The van der Waals surface area contributed by atoms with Gasteiger partial charge in [0.1, 0.15) is 5.60 Å². The van der Waals surface area contributed by atoms with Crippen LogP contribution in [0.2, 0.25) is 5.28 Å². The Bertz CT molecular complexity index is 467. The number of aromatic nitrogens is 3. The standard InChI is InChI=1S/C11H18ClN5O2S/c1-11(2,3)19-10(18)14-6-5-13-8-15-7(12)16-9(17-8)20-4/h5-6H2,1-4H3,(H,14,18)(H,13,15,16,17). The molecule has 0 fully saturated rings. The highest BCUT2D eigenvalue weighted by molar-refractivity contribution is 7.98. The number of rotatable bonds is 5. The lowest BCUT2D eigenvalue weighted by molar-refractivity contribution is 0.0530. The number of carbonyl (C=O) groups is 1. The second kappa shape index (κ2) is 7.49. The summed E-state index contributed by atoms with van der Waals surface area (Å²) in [4.78, 5) is 23.4. The topological polar surface area (TPSA) is 89.0 Å². The Morgan fingerprint density at radius 3 is 2.60 bits per heavy atom. The quantitative estimate of drug-likeness (QED) is 0.635. The molecule has 1 rings (SSSR count). The molecule has 0 bridgehead atoms. The van der Waals surface area contributed by atoms with E-state index in [9.17, 15) is 4.79 Å². The normalized spacial score (nSPS) is 11.1. The lowest BCUT2D eigenvalue weighted by atomic mass is 10.2. The van der Waals surface area contributed by atoms with Gasteiger partial charge < -0.3 is 15.4 Å². The maximum Gasteiger partial charge on any atom is 0.407 e. The fourth-order valence-corrected chi connectivity index (χ4v) is 1.72. The van der Waals surface area contributed by atoms with Crippen LogP contribution >= 0.6 is 23.4 Å². The Morgan fingerprint density at radius 1 is 1.30 bits per heavy atom. The predicted octanol–water partition coefficient (Wildman–Crippen LogP) is 2.18. The van der Waals surface area contributed by atoms with Crippen LogP contribution in [0, 0.1) is 0 Å². The smallest absolute Gasteiger partial charge is 0.407 e. The number of nitrogens with one attached hydrogen (secondary N) is 2. The van der Waals surface area contributed by atoms with Gasteiger partial charge in [-0.15, -0.1) is 0 Å². The molecule has 0 spiro atoms. The summed E-state index contributed by atoms with van der Waals surface area (Å²) in [7, 11) is 0. The van der Waals surface area contributed by atoms with E-state index in [4.69, 9.17) is 16.3 Å². The van der Waals surface area contributed by atoms with Crippen molar-refractivity contribution >= 4 is 35.4 Å². The zero-order chi connectivity index (χ0) is 15.2. The number of hydrogen-bond donors (Lipinski definition) is 2. The van der Waals surface area contributed by atoms with Gasteiger partial charge in [0.25, 0.3) is 0 Å². The van der Waals surface area contributed by atoms with Crippen molar-refractivity contribution in [1.82, 2.24) is 20.3 Å². The second-order valence-electron chi connectivity index (χ2n) is 4.77. The number of anilines is 1. The highest BCUT2D eigenvalue weighted by Gasteiger charge is 2.15. The molecule has 0 radical (unpaired) electrons. The molecule has 1 amide bonds. The molecular weight excluding hydrogens is 302 g/mol. The zero-order valence-electron chi connectivity index (χ0n) is 11.9. The molecule has 0 saturated heterocycles. The van der Waals surface area contributed by atoms with Crippen LogP contribution in [0.1, 0.15) is 20.8 Å². The number of nitrogens with zero attached hydrogens (tertiary/aromatic N) is 3. The zero-order valence-corrected chi connectivity index (χ0v) is 13.4. The maximum absolute atomic E-state index is 11.4. The van der Waals surface area contributed by atoms with Crippen molar-refractivity contribution in [2.24, 2.45) is 0 Å². The van der Waals surface area contributed by atoms with Crippen LogP contribution in [0.3, 0.4) is 0 Å². The van der Waals surface area contributed by atoms with E-state index < -0.39 is 11.7 Å². The summed E-state index contributed by atoms with van der Waals surface area (Å²) >= 11 is 7.13. The van der Waals surface area contributed by atoms with E-state index in [1.165, 1.54) is 11.8 Å². The molecule has 0 aliphatic heterocycles. The van der Waals surface area contributed by atoms with E-state index in [1.807, 2.05) is 27.0 Å². The predicted molar refractivity (Wildman–Crippen MR) is 79.3 cm³/mol. The third kappa shape index (κ3) is 6.76. The van der Waals surface area contributed by atoms with Crippen molar-refractivity contribution < 1.29 is 9.53 Å². The number of ether oxygens (including phenoxy) is 1. The number of hydrogen-bond acceptors (Lipinski definition) is 7. The van der Waals surface area contributed by atoms with E-state index in [0.29, 0.717) is 24.2 Å². The summed E-state index contributed by atoms with van der Waals surface area (Å²) in [6, 6.07) is 0. The van der Waals surface area contributed by atoms with Gasteiger partial charge in [-0.2, -0.15) is 15.0 Å². The molecule has 0 aromatic carbocycles. The third-order valence-corrected chi connectivity index (χ3v) is 2.56. The molecule has 0 unspecified atom stereocenters. The number of alkyl carbamates (subject to hydrolysis) is 1. The highest BCUT2D eigenvalue weighted by Crippen LogP contribution is 2.13. The van der Waals surface area contributed by atoms with Crippen molar-refractivity contribution in [2.75, 3.05) is 24.7 Å². The van der Waals surface area contributed by atoms with Crippen LogP contribution in [0.25, 0.3) is 0 Å². The summed E-state index contributed by atoms with van der Waals surface area (Å²) in [5, 5.41) is 6.23. The Balaban J connectivity index is 2.34. The minimum absolute atomic E-state index is 0.131. The van der Waals surface area contributed by atoms with Crippen molar-refractivity contribution in [3.8, 4) is 0 Å². The van der Waals surface area contributed by atoms with Gasteiger partial charge in [0.05, 0.1) is 0 Å². The highest BCUT2D eigenvalue weighted by atomic mass is 35.5. The lowest BCUT2D eigenvalue weighted by Gasteiger charge is -2.19. The molecule has 0 aliphatic carbocycles. The van der Waals surface area contributed by atoms with Crippen LogP contribution in [0.15, 0.2) is 5.16 Å². The Labute approximate surface area is 127 Å². The number of carbonyl (C=O) groups excluding carboxylic acids is 1. The van der Waals surface area contributed by atoms with Crippen LogP contribution in [-0.2, 0) is 4.74 Å². The minimum atomic E-state index is -0.507. The number of halogens is 1. The first-order chi connectivity index (χ1) is 9.30. The molecule has 2 N–H and O–H groups in total. The van der Waals surface area contributed by atoms with Crippen molar-refractivity contribution in [3.63, 3.8) is 0 Å². The SMILES string of the molecule is CSc1nc(Cl)nc(NCCNC(=O)OC(C)(C)C)n1. The van der Waals surface area contributed by atoms with Crippen LogP contribution in [0.5, 0.6) is 0 Å². The molecule has 1 aromatic heterocycles. The first-order valence-corrected chi connectivity index (χ1v) is 7.57. The number of thioether (sulfide) groups is 1. The summed E-state index contributed by atoms with van der Waals surface area (Å²) in [5.41, 5.74) is -0.507. The third-order valence-electron chi connectivity index (χ3n) is 1.85. The van der Waals surface area contributed by atoms with Crippen LogP contribution < -0.4 is 10.6 Å². The van der Waals surface area contributed by atoms with Gasteiger partial charge in [-0.05, 0) is 38.6 Å². The van der Waals surface area contributed by atoms with Crippen LogP contribution in [-0.4, -0.2) is 46.0 Å². The van der Waals surface area contributed by atoms with Crippen molar-refractivity contribution in [1.29, 1.82) is 0 Å². The number of amides is 1. The van der Waals surface area contributed by atoms with Crippen molar-refractivity contribution in [2.45, 2.75) is 31.5 Å². The van der Waals surface area contributed by atoms with E-state index in [0.717, 1.165) is 0 Å². The van der Waals surface area contributed by atoms with E-state index in [2.05, 4.69) is 25.6 Å². The first kappa shape index (κ1) is 16.8. The van der Waals surface area contributed by atoms with E-state index in [1.54, 1.807) is 0 Å². The van der Waals surface area contributed by atoms with Gasteiger partial charge in [0.15, 0.2) is 5.16 Å². The van der Waals surface area contributed by atoms with Gasteiger partial charge in [-0.3, -0.25) is 0 Å². The summed E-state index contributed by atoms with van der Waals surface area (Å²) in [5.74, 6) is 0.375. The molecule has 0 atom stereocenters. The van der Waals surface area contributed by atoms with E-state index >= 15 is 0 Å². The Kier molecular flexibility index (Phi) is 6.28. The van der Waals surface area contributed by atoms with Gasteiger partial charge in [-0.1, -0.05) is 11.8 Å². The molecule has 0 saturated carbocycles. The Hall–Kier alpha value is -1.28. The van der Waals surface area contributed by atoms with Gasteiger partial charge in [-0.25, -0.2) is 4.79 Å². The molecule has 7 nitrogen and oxygen atoms in total. The molecule has 20 heavy (non-hydrogen) atoms. The first-order valence-electron chi connectivity index (χ1n) is 5.96. The maximum atomic E-state index is 11.4. The lowest BCUT2D eigenvalue weighted by Crippen LogP contribution is -2.35. The molecule has 9 heteroatoms. The largest absolute Gasteiger partial charge is 0.444 e. The average Bonchev–Trinajstić information content (AvgIpc) is 2.32. The van der Waals surface area contributed by atoms with Gasteiger partial charge in [0.2, 0.25) is 11.2 Å². The minimum Gasteiger partial charge on any atom is -0.444 e. The summed E-state index contributed by atoms with van der Waals surface area (Å²) in [6.45, 7) is 6.25. The molecule has 0 aliphatic rings.